The molecule has 3 N–H and O–H groups in total. The molecule has 0 aliphatic carbocycles. The van der Waals surface area contributed by atoms with Crippen LogP contribution in [0.25, 0.3) is 22.0 Å². The molecule has 0 bridgehead atoms. The largest absolute Gasteiger partial charge is 0.489 e. The summed E-state index contributed by atoms with van der Waals surface area (Å²) in [6, 6.07) is 28.8. The number of nitrogens with one attached hydrogen (secondary N) is 3. The Balaban J connectivity index is 1.30. The predicted molar refractivity (Wildman–Crippen MR) is 158 cm³/mol. The molecule has 7 nitrogen and oxygen atoms in total. The number of benzene rings is 4. The summed E-state index contributed by atoms with van der Waals surface area (Å²) in [5.41, 5.74) is 7.82. The number of rotatable bonds is 12. The summed E-state index contributed by atoms with van der Waals surface area (Å²) >= 11 is 0. The maximum atomic E-state index is 11.2. The minimum atomic E-state index is -0.0357. The molecule has 0 spiro atoms. The van der Waals surface area contributed by atoms with Crippen molar-refractivity contribution in [2.75, 3.05) is 13.1 Å². The number of H-pyrrole nitrogens is 1. The second-order valence-corrected chi connectivity index (χ2v) is 9.75. The normalized spacial score (nSPS) is 10.9. The lowest BCUT2D eigenvalue weighted by atomic mass is 9.97. The third-order valence-corrected chi connectivity index (χ3v) is 6.85. The fourth-order valence-electron chi connectivity index (χ4n) is 4.63. The van der Waals surface area contributed by atoms with Crippen molar-refractivity contribution >= 4 is 16.8 Å². The molecule has 0 aliphatic heterocycles. The Labute approximate surface area is 234 Å². The van der Waals surface area contributed by atoms with Gasteiger partial charge >= 0.3 is 0 Å². The quantitative estimate of drug-likeness (QED) is 0.173. The van der Waals surface area contributed by atoms with E-state index in [4.69, 9.17) is 9.47 Å². The Hall–Kier alpha value is -4.62. The van der Waals surface area contributed by atoms with Crippen LogP contribution in [0.4, 0.5) is 0 Å². The number of aromatic amines is 1. The van der Waals surface area contributed by atoms with Crippen LogP contribution in [0.1, 0.15) is 29.2 Å². The van der Waals surface area contributed by atoms with Gasteiger partial charge in [-0.1, -0.05) is 60.7 Å². The van der Waals surface area contributed by atoms with Gasteiger partial charge in [-0.2, -0.15) is 5.10 Å². The molecule has 1 amide bonds. The number of hydrogen-bond acceptors (Lipinski definition) is 5. The molecule has 1 heterocycles. The molecule has 0 saturated carbocycles. The zero-order valence-corrected chi connectivity index (χ0v) is 22.9. The predicted octanol–water partition coefficient (Wildman–Crippen LogP) is 5.92. The zero-order chi connectivity index (χ0) is 27.7. The fourth-order valence-corrected chi connectivity index (χ4v) is 4.63. The van der Waals surface area contributed by atoms with E-state index in [1.54, 1.807) is 0 Å². The Morgan fingerprint density at radius 3 is 2.60 bits per heavy atom. The van der Waals surface area contributed by atoms with Crippen LogP contribution in [0.3, 0.4) is 0 Å². The lowest BCUT2D eigenvalue weighted by molar-refractivity contribution is -0.118. The maximum Gasteiger partial charge on any atom is 0.216 e. The highest BCUT2D eigenvalue weighted by Crippen LogP contribution is 2.29. The number of carbonyl (C=O) groups excluding carboxylic acids is 1. The number of amides is 1. The van der Waals surface area contributed by atoms with E-state index >= 15 is 0 Å². The average Bonchev–Trinajstić information content (AvgIpc) is 3.44. The van der Waals surface area contributed by atoms with Crippen molar-refractivity contribution in [3.63, 3.8) is 0 Å². The second-order valence-electron chi connectivity index (χ2n) is 9.75. The number of fused-ring (bicyclic) bond motifs is 1. The first-order chi connectivity index (χ1) is 19.6. The molecule has 0 fully saturated rings. The molecule has 40 heavy (non-hydrogen) atoms. The molecule has 7 heteroatoms. The van der Waals surface area contributed by atoms with Crippen LogP contribution < -0.4 is 20.1 Å². The van der Waals surface area contributed by atoms with Crippen molar-refractivity contribution in [3.8, 4) is 22.6 Å². The molecule has 1 aromatic heterocycles. The highest BCUT2D eigenvalue weighted by atomic mass is 16.5. The third-order valence-electron chi connectivity index (χ3n) is 6.85. The number of ether oxygens (including phenoxy) is 2. The molecule has 5 rings (SSSR count). The Kier molecular flexibility index (Phi) is 8.73. The van der Waals surface area contributed by atoms with Crippen molar-refractivity contribution in [2.24, 2.45) is 0 Å². The summed E-state index contributed by atoms with van der Waals surface area (Å²) in [4.78, 5) is 11.2. The van der Waals surface area contributed by atoms with Gasteiger partial charge in [0, 0.05) is 43.6 Å². The molecular weight excluding hydrogens is 500 g/mol. The van der Waals surface area contributed by atoms with Gasteiger partial charge in [0.2, 0.25) is 5.91 Å². The van der Waals surface area contributed by atoms with Gasteiger partial charge in [0.1, 0.15) is 24.7 Å². The van der Waals surface area contributed by atoms with Gasteiger partial charge in [-0.15, -0.1) is 0 Å². The van der Waals surface area contributed by atoms with Gasteiger partial charge in [-0.3, -0.25) is 9.89 Å². The van der Waals surface area contributed by atoms with Crippen LogP contribution in [-0.2, 0) is 24.6 Å². The first kappa shape index (κ1) is 27.0. The van der Waals surface area contributed by atoms with Crippen molar-refractivity contribution in [2.45, 2.75) is 33.6 Å². The standard InChI is InChI=1S/C33H34N4O3/c1-23-28(9-6-10-31(23)26-7-4-3-5-8-26)22-39-30-13-12-27(19-34-15-16-35-24(2)38)33(18-30)40-21-25-11-14-32-29(17-25)20-36-37-32/h3-14,17-18,20,34H,15-16,19,21-22H2,1-2H3,(H,35,38)(H,36,37). The first-order valence-corrected chi connectivity index (χ1v) is 13.5. The molecule has 0 atom stereocenters. The third kappa shape index (κ3) is 6.87. The molecular formula is C33H34N4O3. The van der Waals surface area contributed by atoms with E-state index < -0.39 is 0 Å². The molecule has 204 valence electrons. The van der Waals surface area contributed by atoms with Gasteiger partial charge in [-0.05, 0) is 52.9 Å². The molecule has 0 saturated heterocycles. The van der Waals surface area contributed by atoms with Crippen molar-refractivity contribution in [1.29, 1.82) is 0 Å². The fraction of sp³-hybridized carbons (Fsp3) is 0.212. The van der Waals surface area contributed by atoms with E-state index in [0.717, 1.165) is 39.1 Å². The highest BCUT2D eigenvalue weighted by molar-refractivity contribution is 5.78. The van der Waals surface area contributed by atoms with E-state index in [1.165, 1.54) is 23.6 Å². The van der Waals surface area contributed by atoms with E-state index in [-0.39, 0.29) is 5.91 Å². The van der Waals surface area contributed by atoms with Gasteiger partial charge in [0.25, 0.3) is 0 Å². The lowest BCUT2D eigenvalue weighted by Crippen LogP contribution is -2.30. The Morgan fingerprint density at radius 1 is 0.875 bits per heavy atom. The Morgan fingerprint density at radius 2 is 1.75 bits per heavy atom. The summed E-state index contributed by atoms with van der Waals surface area (Å²) in [5.74, 6) is 1.46. The molecule has 0 unspecified atom stereocenters. The average molecular weight is 535 g/mol. The van der Waals surface area contributed by atoms with Crippen LogP contribution in [0.15, 0.2) is 91.1 Å². The smallest absolute Gasteiger partial charge is 0.216 e. The number of carbonyl (C=O) groups is 1. The van der Waals surface area contributed by atoms with Crippen LogP contribution in [0.2, 0.25) is 0 Å². The van der Waals surface area contributed by atoms with Gasteiger partial charge in [-0.25, -0.2) is 0 Å². The number of aromatic nitrogens is 2. The minimum absolute atomic E-state index is 0.0357. The van der Waals surface area contributed by atoms with Crippen LogP contribution in [0.5, 0.6) is 11.5 Å². The van der Waals surface area contributed by atoms with Crippen molar-refractivity contribution in [1.82, 2.24) is 20.8 Å². The molecule has 5 aromatic rings. The second kappa shape index (κ2) is 13.0. The van der Waals surface area contributed by atoms with E-state index in [1.807, 2.05) is 42.6 Å². The molecule has 0 aliphatic rings. The minimum Gasteiger partial charge on any atom is -0.489 e. The van der Waals surface area contributed by atoms with Crippen molar-refractivity contribution in [3.05, 3.63) is 113 Å². The van der Waals surface area contributed by atoms with Crippen LogP contribution in [-0.4, -0.2) is 29.2 Å². The van der Waals surface area contributed by atoms with E-state index in [0.29, 0.717) is 32.8 Å². The van der Waals surface area contributed by atoms with E-state index in [9.17, 15) is 4.79 Å². The summed E-state index contributed by atoms with van der Waals surface area (Å²) in [6.07, 6.45) is 1.81. The van der Waals surface area contributed by atoms with E-state index in [2.05, 4.69) is 76.3 Å². The Bertz CT molecular complexity index is 1580. The van der Waals surface area contributed by atoms with Crippen molar-refractivity contribution < 1.29 is 14.3 Å². The SMILES string of the molecule is CC(=O)NCCNCc1ccc(OCc2cccc(-c3ccccc3)c2C)cc1OCc1ccc2[nH]ncc2c1. The molecule has 0 radical (unpaired) electrons. The summed E-state index contributed by atoms with van der Waals surface area (Å²) < 4.78 is 12.6. The summed E-state index contributed by atoms with van der Waals surface area (Å²) in [7, 11) is 0. The summed E-state index contributed by atoms with van der Waals surface area (Å²) in [6.45, 7) is 6.37. The topological polar surface area (TPSA) is 88.3 Å². The summed E-state index contributed by atoms with van der Waals surface area (Å²) in [5, 5.41) is 14.3. The van der Waals surface area contributed by atoms with Crippen LogP contribution in [0, 0.1) is 6.92 Å². The lowest BCUT2D eigenvalue weighted by Gasteiger charge is -2.16. The zero-order valence-electron chi connectivity index (χ0n) is 22.9. The number of hydrogen-bond donors (Lipinski definition) is 3. The molecule has 4 aromatic carbocycles. The monoisotopic (exact) mass is 534 g/mol. The highest BCUT2D eigenvalue weighted by Gasteiger charge is 2.10. The first-order valence-electron chi connectivity index (χ1n) is 13.5. The van der Waals surface area contributed by atoms with Gasteiger partial charge in [0.15, 0.2) is 0 Å². The van der Waals surface area contributed by atoms with Gasteiger partial charge in [0.05, 0.1) is 11.7 Å². The van der Waals surface area contributed by atoms with Crippen LogP contribution >= 0.6 is 0 Å². The number of nitrogens with zero attached hydrogens (tertiary/aromatic N) is 1. The van der Waals surface area contributed by atoms with Gasteiger partial charge < -0.3 is 20.1 Å². The maximum absolute atomic E-state index is 11.2.